The van der Waals surface area contributed by atoms with E-state index in [0.717, 1.165) is 48.7 Å². The molecule has 0 aromatic heterocycles. The quantitative estimate of drug-likeness (QED) is 0.172. The molecule has 0 saturated heterocycles. The van der Waals surface area contributed by atoms with Crippen LogP contribution in [0.1, 0.15) is 24.0 Å². The molecule has 0 atom stereocenters. The minimum Gasteiger partial charge on any atom is -0.492 e. The van der Waals surface area contributed by atoms with E-state index < -0.39 is 32.3 Å². The molecule has 190 valence electrons. The third-order valence-electron chi connectivity index (χ3n) is 4.88. The predicted molar refractivity (Wildman–Crippen MR) is 163 cm³/mol. The van der Waals surface area contributed by atoms with Gasteiger partial charge in [0.25, 0.3) is 0 Å². The van der Waals surface area contributed by atoms with Crippen molar-refractivity contribution in [2.45, 2.75) is 103 Å². The maximum absolute atomic E-state index is 6.32. The SMILES string of the molecule is C[Si](C)(C)C#Cc1cc(OCCC[Si](C)(C)C)c(C#C[Si](C)(C)C)cc1OCCC[Si](C)(C)C. The zero-order chi connectivity index (χ0) is 26.2. The Balaban J connectivity index is 3.33. The van der Waals surface area contributed by atoms with Crippen LogP contribution in [0.5, 0.6) is 11.5 Å². The van der Waals surface area contributed by atoms with Gasteiger partial charge < -0.3 is 9.47 Å². The molecule has 0 aliphatic carbocycles. The van der Waals surface area contributed by atoms with Crippen molar-refractivity contribution in [2.75, 3.05) is 13.2 Å². The van der Waals surface area contributed by atoms with Crippen LogP contribution in [0.15, 0.2) is 12.1 Å². The molecule has 0 unspecified atom stereocenters. The van der Waals surface area contributed by atoms with Crippen LogP contribution in [-0.4, -0.2) is 45.5 Å². The summed E-state index contributed by atoms with van der Waals surface area (Å²) in [5.74, 6) is 8.61. The maximum atomic E-state index is 6.32. The summed E-state index contributed by atoms with van der Waals surface area (Å²) in [6, 6.07) is 6.71. The van der Waals surface area contributed by atoms with Crippen LogP contribution in [-0.2, 0) is 0 Å². The van der Waals surface area contributed by atoms with Gasteiger partial charge in [0.05, 0.1) is 24.3 Å². The molecule has 1 aromatic rings. The van der Waals surface area contributed by atoms with Crippen LogP contribution in [0.2, 0.25) is 90.7 Å². The van der Waals surface area contributed by atoms with Gasteiger partial charge in [0.2, 0.25) is 0 Å². The van der Waals surface area contributed by atoms with Crippen molar-refractivity contribution in [3.05, 3.63) is 23.3 Å². The summed E-state index contributed by atoms with van der Waals surface area (Å²) in [5.41, 5.74) is 8.92. The number of benzene rings is 1. The minimum atomic E-state index is -1.52. The Morgan fingerprint density at radius 3 is 1.15 bits per heavy atom. The Hall–Kier alpha value is -1.19. The molecule has 0 heterocycles. The van der Waals surface area contributed by atoms with E-state index in [2.05, 4.69) is 114 Å². The molecule has 0 bridgehead atoms. The summed E-state index contributed by atoms with van der Waals surface area (Å²) in [5, 5.41) is 0. The monoisotopic (exact) mass is 530 g/mol. The van der Waals surface area contributed by atoms with Gasteiger partial charge in [0.1, 0.15) is 27.6 Å². The molecule has 1 rings (SSSR count). The Labute approximate surface area is 215 Å². The maximum Gasteiger partial charge on any atom is 0.136 e. The second-order valence-electron chi connectivity index (χ2n) is 13.9. The lowest BCUT2D eigenvalue weighted by Gasteiger charge is -2.18. The largest absolute Gasteiger partial charge is 0.492 e. The molecular weight excluding hydrogens is 481 g/mol. The lowest BCUT2D eigenvalue weighted by Crippen LogP contribution is -2.20. The molecule has 34 heavy (non-hydrogen) atoms. The Morgan fingerprint density at radius 2 is 0.882 bits per heavy atom. The Bertz CT molecular complexity index is 841. The van der Waals surface area contributed by atoms with Crippen LogP contribution >= 0.6 is 0 Å². The fourth-order valence-electron chi connectivity index (χ4n) is 3.07. The van der Waals surface area contributed by atoms with E-state index in [1.807, 2.05) is 0 Å². The molecule has 0 aliphatic rings. The molecule has 2 nitrogen and oxygen atoms in total. The zero-order valence-corrected chi connectivity index (χ0v) is 28.2. The second kappa shape index (κ2) is 12.7. The molecule has 0 fully saturated rings. The van der Waals surface area contributed by atoms with Gasteiger partial charge in [-0.3, -0.25) is 0 Å². The van der Waals surface area contributed by atoms with Crippen molar-refractivity contribution in [1.29, 1.82) is 0 Å². The first-order chi connectivity index (χ1) is 15.3. The first kappa shape index (κ1) is 30.8. The molecular formula is C28H50O2Si4. The highest BCUT2D eigenvalue weighted by atomic mass is 28.3. The smallest absolute Gasteiger partial charge is 0.136 e. The van der Waals surface area contributed by atoms with Crippen molar-refractivity contribution in [3.8, 4) is 34.4 Å². The van der Waals surface area contributed by atoms with Gasteiger partial charge in [-0.25, -0.2) is 0 Å². The van der Waals surface area contributed by atoms with E-state index in [9.17, 15) is 0 Å². The third-order valence-corrected chi connectivity index (χ3v) is 10.3. The fourth-order valence-corrected chi connectivity index (χ4v) is 6.50. The van der Waals surface area contributed by atoms with E-state index in [1.165, 1.54) is 12.1 Å². The van der Waals surface area contributed by atoms with Crippen molar-refractivity contribution in [1.82, 2.24) is 0 Å². The highest BCUT2D eigenvalue weighted by molar-refractivity contribution is 6.84. The Morgan fingerprint density at radius 1 is 0.559 bits per heavy atom. The van der Waals surface area contributed by atoms with Crippen molar-refractivity contribution < 1.29 is 9.47 Å². The van der Waals surface area contributed by atoms with Gasteiger partial charge in [-0.05, 0) is 12.8 Å². The van der Waals surface area contributed by atoms with Gasteiger partial charge in [0.15, 0.2) is 0 Å². The molecule has 0 spiro atoms. The van der Waals surface area contributed by atoms with E-state index in [4.69, 9.17) is 9.47 Å². The van der Waals surface area contributed by atoms with E-state index in [0.29, 0.717) is 0 Å². The van der Waals surface area contributed by atoms with Gasteiger partial charge in [-0.15, -0.1) is 11.1 Å². The average molecular weight is 531 g/mol. The number of hydrogen-bond donors (Lipinski definition) is 0. The molecule has 0 N–H and O–H groups in total. The molecule has 0 aliphatic heterocycles. The van der Waals surface area contributed by atoms with Crippen LogP contribution in [0.25, 0.3) is 0 Å². The summed E-state index contributed by atoms with van der Waals surface area (Å²) < 4.78 is 12.6. The second-order valence-corrected chi connectivity index (χ2v) is 34.6. The highest BCUT2D eigenvalue weighted by Gasteiger charge is 2.16. The van der Waals surface area contributed by atoms with E-state index in [-0.39, 0.29) is 0 Å². The van der Waals surface area contributed by atoms with Crippen molar-refractivity contribution >= 4 is 32.3 Å². The zero-order valence-electron chi connectivity index (χ0n) is 24.2. The topological polar surface area (TPSA) is 18.5 Å². The first-order valence-corrected chi connectivity index (χ1v) is 27.3. The van der Waals surface area contributed by atoms with Gasteiger partial charge in [0, 0.05) is 28.3 Å². The van der Waals surface area contributed by atoms with E-state index >= 15 is 0 Å². The summed E-state index contributed by atoms with van der Waals surface area (Å²) >= 11 is 0. The molecule has 0 saturated carbocycles. The first-order valence-electron chi connectivity index (χ1n) is 12.8. The lowest BCUT2D eigenvalue weighted by atomic mass is 10.1. The van der Waals surface area contributed by atoms with Crippen LogP contribution in [0, 0.1) is 22.9 Å². The van der Waals surface area contributed by atoms with E-state index in [1.54, 1.807) is 0 Å². The summed E-state index contributed by atoms with van der Waals surface area (Å²) in [7, 11) is -5.18. The number of rotatable bonds is 10. The highest BCUT2D eigenvalue weighted by Crippen LogP contribution is 2.30. The van der Waals surface area contributed by atoms with Gasteiger partial charge in [-0.2, -0.15) is 0 Å². The van der Waals surface area contributed by atoms with Crippen molar-refractivity contribution in [2.24, 2.45) is 0 Å². The third kappa shape index (κ3) is 14.9. The van der Waals surface area contributed by atoms with Crippen LogP contribution in [0.4, 0.5) is 0 Å². The Kier molecular flexibility index (Phi) is 11.5. The molecule has 0 radical (unpaired) electrons. The normalized spacial score (nSPS) is 12.4. The van der Waals surface area contributed by atoms with Crippen LogP contribution in [0.3, 0.4) is 0 Å². The van der Waals surface area contributed by atoms with Gasteiger partial charge >= 0.3 is 0 Å². The van der Waals surface area contributed by atoms with Crippen molar-refractivity contribution in [3.63, 3.8) is 0 Å². The molecule has 0 amide bonds. The standard InChI is InChI=1S/C28H50O2Si4/c1-31(2,3)19-13-17-29-27-23-26(16-22-34(10,11)12)28(30-18-14-20-32(4,5)6)24-25(27)15-21-33(7,8)9/h23-24H,13-14,17-20H2,1-12H3. The summed E-state index contributed by atoms with van der Waals surface area (Å²) in [6.07, 6.45) is 2.17. The number of ether oxygens (including phenoxy) is 2. The summed E-state index contributed by atoms with van der Waals surface area (Å²) in [4.78, 5) is 0. The lowest BCUT2D eigenvalue weighted by molar-refractivity contribution is 0.306. The molecule has 1 aromatic carbocycles. The summed E-state index contributed by atoms with van der Waals surface area (Å²) in [6.45, 7) is 29.6. The number of hydrogen-bond acceptors (Lipinski definition) is 2. The van der Waals surface area contributed by atoms with Crippen LogP contribution < -0.4 is 9.47 Å². The van der Waals surface area contributed by atoms with Gasteiger partial charge in [-0.1, -0.05) is 102 Å². The average Bonchev–Trinajstić information content (AvgIpc) is 2.63. The molecule has 6 heteroatoms. The minimum absolute atomic E-state index is 0.725. The predicted octanol–water partition coefficient (Wildman–Crippen LogP) is 8.36. The fraction of sp³-hybridized carbons (Fsp3) is 0.643.